The molecular formula is C20H16N4O6S2. The number of aromatic nitrogens is 2. The Hall–Kier alpha value is -3.82. The lowest BCUT2D eigenvalue weighted by Gasteiger charge is -2.03. The number of esters is 1. The molecule has 0 fully saturated rings. The number of furan rings is 1. The Kier molecular flexibility index (Phi) is 6.82. The zero-order valence-corrected chi connectivity index (χ0v) is 18.4. The van der Waals surface area contributed by atoms with Gasteiger partial charge in [-0.15, -0.1) is 0 Å². The van der Waals surface area contributed by atoms with Crippen LogP contribution in [0.15, 0.2) is 57.8 Å². The quantitative estimate of drug-likeness (QED) is 0.236. The van der Waals surface area contributed by atoms with Crippen LogP contribution in [-0.4, -0.2) is 34.9 Å². The maximum Gasteiger partial charge on any atom is 0.379 e. The molecule has 0 saturated carbocycles. The molecule has 0 unspecified atom stereocenters. The number of nitriles is 1. The number of amides is 1. The van der Waals surface area contributed by atoms with Crippen molar-refractivity contribution in [1.29, 1.82) is 5.26 Å². The predicted octanol–water partition coefficient (Wildman–Crippen LogP) is 3.08. The summed E-state index contributed by atoms with van der Waals surface area (Å²) in [6.07, 6.45) is 2.67. The summed E-state index contributed by atoms with van der Waals surface area (Å²) < 4.78 is 38.1. The first kappa shape index (κ1) is 22.9. The monoisotopic (exact) mass is 472 g/mol. The van der Waals surface area contributed by atoms with Crippen molar-refractivity contribution in [2.24, 2.45) is 0 Å². The average molecular weight is 473 g/mol. The number of sulfone groups is 1. The summed E-state index contributed by atoms with van der Waals surface area (Å²) in [7, 11) is -3.68. The molecule has 2 aromatic heterocycles. The van der Waals surface area contributed by atoms with E-state index in [0.29, 0.717) is 17.1 Å². The third-order valence-electron chi connectivity index (χ3n) is 3.99. The van der Waals surface area contributed by atoms with Gasteiger partial charge in [0.25, 0.3) is 11.1 Å². The van der Waals surface area contributed by atoms with Crippen molar-refractivity contribution in [2.45, 2.75) is 24.3 Å². The molecule has 2 heterocycles. The van der Waals surface area contributed by atoms with Crippen LogP contribution >= 0.6 is 11.5 Å². The second-order valence-corrected chi connectivity index (χ2v) is 9.69. The molecule has 0 saturated heterocycles. The molecule has 0 aliphatic rings. The van der Waals surface area contributed by atoms with E-state index >= 15 is 0 Å². The Morgan fingerprint density at radius 2 is 1.97 bits per heavy atom. The van der Waals surface area contributed by atoms with Crippen LogP contribution in [0.2, 0.25) is 0 Å². The fourth-order valence-electron chi connectivity index (χ4n) is 2.25. The Labute approximate surface area is 187 Å². The number of carbonyl (C=O) groups excluding carboxylic acids is 2. The van der Waals surface area contributed by atoms with Crippen molar-refractivity contribution >= 4 is 44.5 Å². The van der Waals surface area contributed by atoms with Gasteiger partial charge in [-0.2, -0.15) is 14.6 Å². The van der Waals surface area contributed by atoms with E-state index in [9.17, 15) is 23.3 Å². The van der Waals surface area contributed by atoms with Gasteiger partial charge in [-0.25, -0.2) is 13.2 Å². The number of benzene rings is 1. The molecule has 164 valence electrons. The highest BCUT2D eigenvalue weighted by molar-refractivity contribution is 7.91. The van der Waals surface area contributed by atoms with Crippen LogP contribution in [-0.2, 0) is 14.6 Å². The zero-order chi connectivity index (χ0) is 23.3. The molecule has 0 aliphatic heterocycles. The van der Waals surface area contributed by atoms with E-state index in [1.807, 2.05) is 0 Å². The van der Waals surface area contributed by atoms with Gasteiger partial charge in [0.15, 0.2) is 0 Å². The molecule has 0 aliphatic carbocycles. The highest BCUT2D eigenvalue weighted by atomic mass is 32.2. The fourth-order valence-corrected chi connectivity index (χ4v) is 3.95. The van der Waals surface area contributed by atoms with E-state index in [-0.39, 0.29) is 27.4 Å². The number of hydrogen-bond acceptors (Lipinski definition) is 10. The van der Waals surface area contributed by atoms with Gasteiger partial charge < -0.3 is 9.15 Å². The van der Waals surface area contributed by atoms with E-state index in [2.05, 4.69) is 14.7 Å². The number of hydrogen-bond donors (Lipinski definition) is 1. The first-order chi connectivity index (χ1) is 15.2. The Balaban J connectivity index is 1.69. The van der Waals surface area contributed by atoms with Gasteiger partial charge >= 0.3 is 5.97 Å². The molecule has 0 radical (unpaired) electrons. The van der Waals surface area contributed by atoms with Crippen molar-refractivity contribution in [3.8, 4) is 11.8 Å². The number of carbonyl (C=O) groups is 2. The Morgan fingerprint density at radius 3 is 2.56 bits per heavy atom. The molecule has 12 heteroatoms. The van der Waals surface area contributed by atoms with Crippen molar-refractivity contribution in [3.05, 3.63) is 59.6 Å². The maximum atomic E-state index is 12.4. The van der Waals surface area contributed by atoms with Gasteiger partial charge in [0.1, 0.15) is 17.4 Å². The highest BCUT2D eigenvalue weighted by Crippen LogP contribution is 2.20. The first-order valence-corrected chi connectivity index (χ1v) is 11.4. The van der Waals surface area contributed by atoms with E-state index in [4.69, 9.17) is 9.15 Å². The maximum absolute atomic E-state index is 12.4. The smallest absolute Gasteiger partial charge is 0.379 e. The number of ether oxygens (including phenoxy) is 1. The summed E-state index contributed by atoms with van der Waals surface area (Å²) in [5.74, 6) is -1.13. The lowest BCUT2D eigenvalue weighted by atomic mass is 10.1. The van der Waals surface area contributed by atoms with Crippen LogP contribution in [0.3, 0.4) is 0 Å². The Morgan fingerprint density at radius 1 is 1.25 bits per heavy atom. The molecule has 3 aromatic rings. The van der Waals surface area contributed by atoms with Crippen molar-refractivity contribution in [2.75, 3.05) is 5.32 Å². The third kappa shape index (κ3) is 5.26. The lowest BCUT2D eigenvalue weighted by Crippen LogP contribution is -2.16. The van der Waals surface area contributed by atoms with Crippen molar-refractivity contribution in [1.82, 2.24) is 9.36 Å². The van der Waals surface area contributed by atoms with Crippen molar-refractivity contribution < 1.29 is 27.2 Å². The summed E-state index contributed by atoms with van der Waals surface area (Å²) in [4.78, 5) is 28.1. The highest BCUT2D eigenvalue weighted by Gasteiger charge is 2.25. The van der Waals surface area contributed by atoms with Gasteiger partial charge in [-0.3, -0.25) is 10.1 Å². The number of rotatable bonds is 7. The SMILES string of the molecule is CC(C)S(=O)(=O)c1nsc(NC(=O)/C(C#N)=C\c2ccc(OC(=O)c3ccco3)cc2)n1. The number of nitrogens with one attached hydrogen (secondary N) is 1. The fraction of sp³-hybridized carbons (Fsp3) is 0.150. The van der Waals surface area contributed by atoms with Crippen LogP contribution in [0.4, 0.5) is 5.13 Å². The van der Waals surface area contributed by atoms with E-state index in [1.54, 1.807) is 24.3 Å². The van der Waals surface area contributed by atoms with E-state index in [1.165, 1.54) is 44.4 Å². The molecule has 1 amide bonds. The summed E-state index contributed by atoms with van der Waals surface area (Å²) in [6, 6.07) is 10.9. The minimum absolute atomic E-state index is 0.0458. The third-order valence-corrected chi connectivity index (χ3v) is 6.67. The largest absolute Gasteiger partial charge is 0.457 e. The molecule has 0 atom stereocenters. The number of nitrogens with zero attached hydrogens (tertiary/aromatic N) is 3. The van der Waals surface area contributed by atoms with Crippen LogP contribution < -0.4 is 10.1 Å². The molecule has 32 heavy (non-hydrogen) atoms. The average Bonchev–Trinajstić information content (AvgIpc) is 3.45. The molecule has 10 nitrogen and oxygen atoms in total. The van der Waals surface area contributed by atoms with E-state index in [0.717, 1.165) is 0 Å². The topological polar surface area (TPSA) is 152 Å². The summed E-state index contributed by atoms with van der Waals surface area (Å²) >= 11 is 0.698. The molecule has 3 rings (SSSR count). The molecule has 1 aromatic carbocycles. The predicted molar refractivity (Wildman–Crippen MR) is 115 cm³/mol. The summed E-state index contributed by atoms with van der Waals surface area (Å²) in [6.45, 7) is 2.99. The van der Waals surface area contributed by atoms with Gasteiger partial charge in [0.05, 0.1) is 11.5 Å². The molecule has 0 bridgehead atoms. The minimum Gasteiger partial charge on any atom is -0.457 e. The van der Waals surface area contributed by atoms with Gasteiger partial charge in [-0.05, 0) is 49.8 Å². The summed E-state index contributed by atoms with van der Waals surface area (Å²) in [5.41, 5.74) is 0.253. The normalized spacial score (nSPS) is 11.8. The molecular weight excluding hydrogens is 456 g/mol. The van der Waals surface area contributed by atoms with Crippen LogP contribution in [0.25, 0.3) is 6.08 Å². The van der Waals surface area contributed by atoms with Crippen LogP contribution in [0.1, 0.15) is 30.0 Å². The van der Waals surface area contributed by atoms with Gasteiger partial charge in [0, 0.05) is 11.5 Å². The minimum atomic E-state index is -3.68. The van der Waals surface area contributed by atoms with E-state index < -0.39 is 27.0 Å². The standard InChI is InChI=1S/C20H16N4O6S2/c1-12(2)32(27,28)20-23-19(31-24-20)22-17(25)14(11-21)10-13-5-7-15(8-6-13)30-18(26)16-4-3-9-29-16/h3-10,12H,1-2H3,(H,22,23,24,25)/b14-10-. The second-order valence-electron chi connectivity index (χ2n) is 6.54. The Bertz CT molecular complexity index is 1300. The first-order valence-electron chi connectivity index (χ1n) is 9.07. The molecule has 0 spiro atoms. The summed E-state index contributed by atoms with van der Waals surface area (Å²) in [5, 5.41) is 10.6. The zero-order valence-electron chi connectivity index (χ0n) is 16.8. The van der Waals surface area contributed by atoms with Gasteiger partial charge in [-0.1, -0.05) is 12.1 Å². The second kappa shape index (κ2) is 9.54. The number of anilines is 1. The molecule has 1 N–H and O–H groups in total. The van der Waals surface area contributed by atoms with Crippen LogP contribution in [0, 0.1) is 11.3 Å². The van der Waals surface area contributed by atoms with Crippen LogP contribution in [0.5, 0.6) is 5.75 Å². The lowest BCUT2D eigenvalue weighted by molar-refractivity contribution is -0.112. The van der Waals surface area contributed by atoms with Crippen molar-refractivity contribution in [3.63, 3.8) is 0 Å². The van der Waals surface area contributed by atoms with Gasteiger partial charge in [0.2, 0.25) is 20.7 Å².